The molecule has 0 bridgehead atoms. The van der Waals surface area contributed by atoms with E-state index in [2.05, 4.69) is 4.99 Å². The van der Waals surface area contributed by atoms with Gasteiger partial charge in [-0.3, -0.25) is 19.8 Å². The molecule has 2 aromatic carbocycles. The van der Waals surface area contributed by atoms with Crippen molar-refractivity contribution in [1.29, 1.82) is 0 Å². The number of ether oxygens (including phenoxy) is 1. The quantitative estimate of drug-likeness (QED) is 0.302. The monoisotopic (exact) mass is 397 g/mol. The largest absolute Gasteiger partial charge is 0.380 e. The van der Waals surface area contributed by atoms with E-state index in [9.17, 15) is 14.9 Å². The fraction of sp³-hybridized carbons (Fsp3) is 0.200. The Hall–Kier alpha value is -2.97. The van der Waals surface area contributed by atoms with Crippen LogP contribution in [0.25, 0.3) is 6.08 Å². The maximum absolute atomic E-state index is 12.9. The Morgan fingerprint density at radius 3 is 2.61 bits per heavy atom. The molecule has 1 amide bonds. The number of nitro groups is 1. The van der Waals surface area contributed by atoms with Crippen molar-refractivity contribution in [2.24, 2.45) is 4.99 Å². The van der Waals surface area contributed by atoms with Crippen molar-refractivity contribution in [1.82, 2.24) is 4.90 Å². The first-order valence-corrected chi connectivity index (χ1v) is 9.58. The van der Waals surface area contributed by atoms with E-state index >= 15 is 0 Å². The number of para-hydroxylation sites is 2. The predicted molar refractivity (Wildman–Crippen MR) is 110 cm³/mol. The number of carbonyl (C=O) groups is 1. The van der Waals surface area contributed by atoms with Crippen LogP contribution in [0.2, 0.25) is 0 Å². The predicted octanol–water partition coefficient (Wildman–Crippen LogP) is 4.24. The van der Waals surface area contributed by atoms with Crippen molar-refractivity contribution in [2.75, 3.05) is 19.8 Å². The number of amidine groups is 1. The lowest BCUT2D eigenvalue weighted by molar-refractivity contribution is -0.385. The third kappa shape index (κ3) is 4.65. The summed E-state index contributed by atoms with van der Waals surface area (Å²) in [6.45, 7) is 3.19. The van der Waals surface area contributed by atoms with Crippen molar-refractivity contribution < 1.29 is 14.5 Å². The van der Waals surface area contributed by atoms with E-state index in [1.54, 1.807) is 29.2 Å². The highest BCUT2D eigenvalue weighted by Crippen LogP contribution is 2.35. The molecule has 28 heavy (non-hydrogen) atoms. The van der Waals surface area contributed by atoms with E-state index in [1.165, 1.54) is 17.8 Å². The van der Waals surface area contributed by atoms with E-state index in [1.807, 2.05) is 37.3 Å². The summed E-state index contributed by atoms with van der Waals surface area (Å²) in [5, 5.41) is 11.8. The minimum absolute atomic E-state index is 0.0438. The lowest BCUT2D eigenvalue weighted by Crippen LogP contribution is -2.32. The molecule has 3 rings (SSSR count). The Labute approximate surface area is 166 Å². The second-order valence-electron chi connectivity index (χ2n) is 5.81. The molecule has 1 aliphatic rings. The zero-order valence-electron chi connectivity index (χ0n) is 15.3. The van der Waals surface area contributed by atoms with Gasteiger partial charge in [-0.2, -0.15) is 0 Å². The first kappa shape index (κ1) is 19.8. The van der Waals surface area contributed by atoms with Gasteiger partial charge in [0.1, 0.15) is 0 Å². The number of rotatable bonds is 7. The molecule has 0 saturated carbocycles. The Balaban J connectivity index is 1.95. The van der Waals surface area contributed by atoms with Crippen LogP contribution in [-0.2, 0) is 9.53 Å². The maximum atomic E-state index is 12.9. The highest BCUT2D eigenvalue weighted by Gasteiger charge is 2.33. The molecular weight excluding hydrogens is 378 g/mol. The number of hydrogen-bond acceptors (Lipinski definition) is 6. The van der Waals surface area contributed by atoms with Crippen LogP contribution in [0, 0.1) is 10.1 Å². The number of aliphatic imine (C=N–C) groups is 1. The van der Waals surface area contributed by atoms with E-state index in [0.29, 0.717) is 35.4 Å². The van der Waals surface area contributed by atoms with Gasteiger partial charge < -0.3 is 4.74 Å². The van der Waals surface area contributed by atoms with Gasteiger partial charge in [-0.05, 0) is 43.0 Å². The number of nitro benzene ring substituents is 1. The van der Waals surface area contributed by atoms with Crippen molar-refractivity contribution in [2.45, 2.75) is 6.92 Å². The molecule has 7 nitrogen and oxygen atoms in total. The SMILES string of the molecule is CCOCCN1C(=O)/C(=C/c2ccccc2[N+](=O)[O-])SC1=Nc1ccccc1. The third-order valence-electron chi connectivity index (χ3n) is 3.95. The Morgan fingerprint density at radius 2 is 1.89 bits per heavy atom. The molecule has 1 heterocycles. The lowest BCUT2D eigenvalue weighted by Gasteiger charge is -2.15. The van der Waals surface area contributed by atoms with E-state index < -0.39 is 4.92 Å². The summed E-state index contributed by atoms with van der Waals surface area (Å²) in [7, 11) is 0. The van der Waals surface area contributed by atoms with Gasteiger partial charge in [-0.25, -0.2) is 4.99 Å². The van der Waals surface area contributed by atoms with Gasteiger partial charge in [-0.1, -0.05) is 30.3 Å². The summed E-state index contributed by atoms with van der Waals surface area (Å²) in [4.78, 5) is 30.2. The first-order chi connectivity index (χ1) is 13.6. The minimum Gasteiger partial charge on any atom is -0.380 e. The Morgan fingerprint density at radius 1 is 1.18 bits per heavy atom. The second kappa shape index (κ2) is 9.29. The molecule has 0 atom stereocenters. The summed E-state index contributed by atoms with van der Waals surface area (Å²) >= 11 is 1.20. The zero-order valence-corrected chi connectivity index (χ0v) is 16.1. The fourth-order valence-electron chi connectivity index (χ4n) is 2.62. The van der Waals surface area contributed by atoms with E-state index in [0.717, 1.165) is 5.69 Å². The number of thioether (sulfide) groups is 1. The van der Waals surface area contributed by atoms with Crippen LogP contribution in [0.5, 0.6) is 0 Å². The van der Waals surface area contributed by atoms with Gasteiger partial charge in [0.25, 0.3) is 11.6 Å². The number of amides is 1. The number of benzene rings is 2. The van der Waals surface area contributed by atoms with E-state index in [-0.39, 0.29) is 11.6 Å². The van der Waals surface area contributed by atoms with Crippen molar-refractivity contribution in [3.63, 3.8) is 0 Å². The molecule has 0 aromatic heterocycles. The molecule has 2 aromatic rings. The smallest absolute Gasteiger partial charge is 0.276 e. The lowest BCUT2D eigenvalue weighted by atomic mass is 10.1. The Kier molecular flexibility index (Phi) is 6.57. The zero-order chi connectivity index (χ0) is 19.9. The van der Waals surface area contributed by atoms with Gasteiger partial charge >= 0.3 is 0 Å². The van der Waals surface area contributed by atoms with Crippen LogP contribution >= 0.6 is 11.8 Å². The highest BCUT2D eigenvalue weighted by molar-refractivity contribution is 8.18. The highest BCUT2D eigenvalue weighted by atomic mass is 32.2. The van der Waals surface area contributed by atoms with Crippen molar-refractivity contribution >= 4 is 40.3 Å². The van der Waals surface area contributed by atoms with Crippen LogP contribution in [0.3, 0.4) is 0 Å². The number of carbonyl (C=O) groups excluding carboxylic acids is 1. The number of hydrogen-bond donors (Lipinski definition) is 0. The van der Waals surface area contributed by atoms with Gasteiger partial charge in [0.05, 0.1) is 34.2 Å². The molecule has 0 aliphatic carbocycles. The summed E-state index contributed by atoms with van der Waals surface area (Å²) in [6, 6.07) is 15.7. The van der Waals surface area contributed by atoms with Crippen molar-refractivity contribution in [3.05, 3.63) is 75.2 Å². The molecule has 0 radical (unpaired) electrons. The molecular formula is C20H19N3O4S. The van der Waals surface area contributed by atoms with Crippen LogP contribution in [-0.4, -0.2) is 40.7 Å². The summed E-state index contributed by atoms with van der Waals surface area (Å²) in [5.41, 5.74) is 1.07. The fourth-order valence-corrected chi connectivity index (χ4v) is 3.63. The average Bonchev–Trinajstić information content (AvgIpc) is 2.98. The summed E-state index contributed by atoms with van der Waals surface area (Å²) < 4.78 is 5.38. The first-order valence-electron chi connectivity index (χ1n) is 8.76. The average molecular weight is 397 g/mol. The molecule has 0 spiro atoms. The molecule has 1 fully saturated rings. The van der Waals surface area contributed by atoms with Gasteiger partial charge in [0, 0.05) is 12.7 Å². The molecule has 1 saturated heterocycles. The van der Waals surface area contributed by atoms with Crippen LogP contribution < -0.4 is 0 Å². The van der Waals surface area contributed by atoms with Crippen LogP contribution in [0.15, 0.2) is 64.5 Å². The van der Waals surface area contributed by atoms with E-state index in [4.69, 9.17) is 4.74 Å². The van der Waals surface area contributed by atoms with Crippen molar-refractivity contribution in [3.8, 4) is 0 Å². The standard InChI is InChI=1S/C20H19N3O4S/c1-2-27-13-12-22-19(24)18(14-15-8-6-7-11-17(15)23(25)26)28-20(22)21-16-9-4-3-5-10-16/h3-11,14H,2,12-13H2,1H3/b18-14-,21-20?. The Bertz CT molecular complexity index is 928. The normalized spacial score (nSPS) is 16.9. The summed E-state index contributed by atoms with van der Waals surface area (Å²) in [6.07, 6.45) is 1.55. The number of nitrogens with zero attached hydrogens (tertiary/aromatic N) is 3. The van der Waals surface area contributed by atoms with Gasteiger partial charge in [-0.15, -0.1) is 0 Å². The third-order valence-corrected chi connectivity index (χ3v) is 4.96. The topological polar surface area (TPSA) is 85.0 Å². The maximum Gasteiger partial charge on any atom is 0.276 e. The van der Waals surface area contributed by atoms with Crippen LogP contribution in [0.1, 0.15) is 12.5 Å². The molecule has 1 aliphatic heterocycles. The minimum atomic E-state index is -0.456. The van der Waals surface area contributed by atoms with Gasteiger partial charge in [0.2, 0.25) is 0 Å². The van der Waals surface area contributed by atoms with Crippen LogP contribution in [0.4, 0.5) is 11.4 Å². The summed E-state index contributed by atoms with van der Waals surface area (Å²) in [5.74, 6) is -0.238. The molecule has 0 N–H and O–H groups in total. The molecule has 8 heteroatoms. The van der Waals surface area contributed by atoms with Gasteiger partial charge in [0.15, 0.2) is 5.17 Å². The second-order valence-corrected chi connectivity index (χ2v) is 6.82. The molecule has 144 valence electrons. The molecule has 0 unspecified atom stereocenters.